The van der Waals surface area contributed by atoms with E-state index in [9.17, 15) is 0 Å². The van der Waals surface area contributed by atoms with Crippen molar-refractivity contribution in [2.75, 3.05) is 0 Å². The van der Waals surface area contributed by atoms with Gasteiger partial charge >= 0.3 is 0 Å². The predicted octanol–water partition coefficient (Wildman–Crippen LogP) is 6.77. The SMILES string of the molecule is N#Cc1ccc(C#Cc2cc(C#Cc3ccc(C#N)cc3)c(C#Cc3ccc(C#N)cc3)cc2C#Cc2ccc(C#N)cc2)cc1. The smallest absolute Gasteiger partial charge is 0.0991 e. The summed E-state index contributed by atoms with van der Waals surface area (Å²) in [7, 11) is 0. The van der Waals surface area contributed by atoms with E-state index in [-0.39, 0.29) is 0 Å². The second-order valence-electron chi connectivity index (χ2n) is 9.70. The van der Waals surface area contributed by atoms with Gasteiger partial charge in [0.25, 0.3) is 0 Å². The number of nitriles is 4. The Bertz CT molecular complexity index is 2030. The van der Waals surface area contributed by atoms with E-state index >= 15 is 0 Å². The number of nitrogens with zero attached hydrogens (tertiary/aromatic N) is 4. The zero-order valence-electron chi connectivity index (χ0n) is 24.2. The molecule has 0 amide bonds. The van der Waals surface area contributed by atoms with Crippen molar-refractivity contribution in [1.29, 1.82) is 21.0 Å². The molecule has 0 spiro atoms. The van der Waals surface area contributed by atoms with Gasteiger partial charge in [0.05, 0.1) is 46.5 Å². The van der Waals surface area contributed by atoms with E-state index < -0.39 is 0 Å². The van der Waals surface area contributed by atoms with Crippen LogP contribution in [0.1, 0.15) is 66.8 Å². The van der Waals surface area contributed by atoms with Gasteiger partial charge in [0.1, 0.15) is 0 Å². The van der Waals surface area contributed by atoms with Gasteiger partial charge in [0, 0.05) is 44.5 Å². The topological polar surface area (TPSA) is 95.2 Å². The van der Waals surface area contributed by atoms with E-state index in [1.165, 1.54) is 0 Å². The molecule has 0 N–H and O–H groups in total. The summed E-state index contributed by atoms with van der Waals surface area (Å²) in [5.74, 6) is 25.6. The lowest BCUT2D eigenvalue weighted by molar-refractivity contribution is 1.47. The average Bonchev–Trinajstić information content (AvgIpc) is 3.12. The van der Waals surface area contributed by atoms with Crippen LogP contribution >= 0.6 is 0 Å². The highest BCUT2D eigenvalue weighted by molar-refractivity contribution is 5.64. The molecule has 0 unspecified atom stereocenters. The summed E-state index contributed by atoms with van der Waals surface area (Å²) < 4.78 is 0. The van der Waals surface area contributed by atoms with Crippen LogP contribution in [0.2, 0.25) is 0 Å². The fraction of sp³-hybridized carbons (Fsp3) is 0. The molecule has 5 aromatic carbocycles. The predicted molar refractivity (Wildman–Crippen MR) is 175 cm³/mol. The molecule has 0 aliphatic rings. The lowest BCUT2D eigenvalue weighted by atomic mass is 9.97. The van der Waals surface area contributed by atoms with Crippen molar-refractivity contribution >= 4 is 0 Å². The van der Waals surface area contributed by atoms with Crippen molar-refractivity contribution in [2.45, 2.75) is 0 Å². The van der Waals surface area contributed by atoms with Gasteiger partial charge in [-0.1, -0.05) is 47.4 Å². The Balaban J connectivity index is 1.66. The molecular weight excluding hydrogens is 560 g/mol. The minimum Gasteiger partial charge on any atom is -0.192 e. The van der Waals surface area contributed by atoms with Gasteiger partial charge in [-0.15, -0.1) is 0 Å². The van der Waals surface area contributed by atoms with Gasteiger partial charge in [-0.05, 0) is 109 Å². The molecule has 4 nitrogen and oxygen atoms in total. The molecule has 0 bridgehead atoms. The maximum Gasteiger partial charge on any atom is 0.0991 e. The van der Waals surface area contributed by atoms with E-state index in [0.29, 0.717) is 44.5 Å². The van der Waals surface area contributed by atoms with Crippen molar-refractivity contribution < 1.29 is 0 Å². The summed E-state index contributed by atoms with van der Waals surface area (Å²) in [5, 5.41) is 36.6. The van der Waals surface area contributed by atoms with E-state index in [1.807, 2.05) is 12.1 Å². The summed E-state index contributed by atoms with van der Waals surface area (Å²) >= 11 is 0. The molecule has 0 saturated carbocycles. The standard InChI is InChI=1S/C42H18N4/c43-27-35-9-1-31(2-10-35)17-21-39-25-41(23-19-33-5-13-37(29-45)14-6-33)42(24-20-34-7-15-38(30-46)16-8-34)26-40(39)22-18-32-3-11-36(28-44)12-4-32/h1-16,25-26H. The Labute approximate surface area is 268 Å². The minimum absolute atomic E-state index is 0.546. The third kappa shape index (κ3) is 7.77. The molecule has 0 aliphatic carbocycles. The molecule has 0 aliphatic heterocycles. The summed E-state index contributed by atoms with van der Waals surface area (Å²) in [6.45, 7) is 0. The maximum atomic E-state index is 9.14. The Morgan fingerprint density at radius 3 is 0.587 bits per heavy atom. The molecule has 4 heteroatoms. The second-order valence-corrected chi connectivity index (χ2v) is 9.70. The lowest BCUT2D eigenvalue weighted by Gasteiger charge is -2.04. The van der Waals surface area contributed by atoms with Gasteiger partial charge in [-0.25, -0.2) is 0 Å². The summed E-state index contributed by atoms with van der Waals surface area (Å²) in [4.78, 5) is 0. The van der Waals surface area contributed by atoms with E-state index in [2.05, 4.69) is 71.6 Å². The largest absolute Gasteiger partial charge is 0.192 e. The summed E-state index contributed by atoms with van der Waals surface area (Å²) in [5.41, 5.74) is 7.68. The van der Waals surface area contributed by atoms with Gasteiger partial charge in [-0.3, -0.25) is 0 Å². The van der Waals surface area contributed by atoms with Crippen LogP contribution in [0.4, 0.5) is 0 Å². The molecule has 0 aromatic heterocycles. The monoisotopic (exact) mass is 578 g/mol. The van der Waals surface area contributed by atoms with E-state index in [1.54, 1.807) is 97.1 Å². The number of rotatable bonds is 0. The first-order valence-corrected chi connectivity index (χ1v) is 13.8. The molecule has 0 atom stereocenters. The lowest BCUT2D eigenvalue weighted by Crippen LogP contribution is -1.93. The molecule has 0 saturated heterocycles. The first kappa shape index (κ1) is 29.8. The molecule has 5 rings (SSSR count). The number of hydrogen-bond donors (Lipinski definition) is 0. The molecule has 0 radical (unpaired) electrons. The van der Waals surface area contributed by atoms with Crippen LogP contribution in [0, 0.1) is 92.7 Å². The first-order chi connectivity index (χ1) is 22.6. The van der Waals surface area contributed by atoms with Gasteiger partial charge in [0.2, 0.25) is 0 Å². The summed E-state index contributed by atoms with van der Waals surface area (Å²) in [6, 6.07) is 40.2. The van der Waals surface area contributed by atoms with Crippen molar-refractivity contribution in [3.05, 3.63) is 176 Å². The molecule has 206 valence electrons. The molecule has 0 fully saturated rings. The second kappa shape index (κ2) is 14.5. The van der Waals surface area contributed by atoms with Gasteiger partial charge in [-0.2, -0.15) is 21.0 Å². The van der Waals surface area contributed by atoms with E-state index in [4.69, 9.17) is 21.0 Å². The number of hydrogen-bond acceptors (Lipinski definition) is 4. The van der Waals surface area contributed by atoms with Crippen LogP contribution in [-0.2, 0) is 0 Å². The third-order valence-electron chi connectivity index (χ3n) is 6.58. The first-order valence-electron chi connectivity index (χ1n) is 13.8. The van der Waals surface area contributed by atoms with Crippen LogP contribution in [-0.4, -0.2) is 0 Å². The average molecular weight is 579 g/mol. The van der Waals surface area contributed by atoms with Crippen molar-refractivity contribution in [1.82, 2.24) is 0 Å². The molecule has 5 aromatic rings. The molecular formula is C42H18N4. The van der Waals surface area contributed by atoms with Crippen LogP contribution in [0.5, 0.6) is 0 Å². The van der Waals surface area contributed by atoms with Crippen molar-refractivity contribution in [2.24, 2.45) is 0 Å². The maximum absolute atomic E-state index is 9.14. The van der Waals surface area contributed by atoms with E-state index in [0.717, 1.165) is 22.3 Å². The zero-order valence-corrected chi connectivity index (χ0v) is 24.2. The zero-order chi connectivity index (χ0) is 32.1. The molecule has 0 heterocycles. The normalized spacial score (nSPS) is 8.96. The van der Waals surface area contributed by atoms with Crippen LogP contribution in [0.15, 0.2) is 109 Å². The fourth-order valence-electron chi connectivity index (χ4n) is 4.08. The Kier molecular flexibility index (Phi) is 9.36. The highest BCUT2D eigenvalue weighted by Crippen LogP contribution is 2.17. The number of benzene rings is 5. The van der Waals surface area contributed by atoms with Crippen molar-refractivity contribution in [3.63, 3.8) is 0 Å². The highest BCUT2D eigenvalue weighted by atomic mass is 14.2. The van der Waals surface area contributed by atoms with Crippen LogP contribution in [0.3, 0.4) is 0 Å². The quantitative estimate of drug-likeness (QED) is 0.190. The van der Waals surface area contributed by atoms with Gasteiger partial charge < -0.3 is 0 Å². The molecule has 46 heavy (non-hydrogen) atoms. The summed E-state index contributed by atoms with van der Waals surface area (Å²) in [6.07, 6.45) is 0. The Hall–Kier alpha value is -7.70. The third-order valence-corrected chi connectivity index (χ3v) is 6.58. The fourth-order valence-corrected chi connectivity index (χ4v) is 4.08. The van der Waals surface area contributed by atoms with Crippen molar-refractivity contribution in [3.8, 4) is 71.6 Å². The Morgan fingerprint density at radius 2 is 0.413 bits per heavy atom. The Morgan fingerprint density at radius 1 is 0.239 bits per heavy atom. The van der Waals surface area contributed by atoms with Gasteiger partial charge in [0.15, 0.2) is 0 Å². The van der Waals surface area contributed by atoms with Crippen LogP contribution in [0.25, 0.3) is 0 Å². The van der Waals surface area contributed by atoms with Crippen LogP contribution < -0.4 is 0 Å². The highest BCUT2D eigenvalue weighted by Gasteiger charge is 2.06. The minimum atomic E-state index is 0.546.